The van der Waals surface area contributed by atoms with Crippen LogP contribution in [0.25, 0.3) is 0 Å². The number of hydrogen-bond donors (Lipinski definition) is 0. The van der Waals surface area contributed by atoms with Gasteiger partial charge in [-0.15, -0.1) is 0 Å². The number of halogens is 1. The predicted octanol–water partition coefficient (Wildman–Crippen LogP) is 4.79. The van der Waals surface area contributed by atoms with E-state index in [0.29, 0.717) is 16.7 Å². The van der Waals surface area contributed by atoms with Gasteiger partial charge in [-0.3, -0.25) is 0 Å². The quantitative estimate of drug-likeness (QED) is 0.672. The highest BCUT2D eigenvalue weighted by Gasteiger charge is 2.78. The number of rotatable bonds is 1. The fourth-order valence-electron chi connectivity index (χ4n) is 4.83. The van der Waals surface area contributed by atoms with E-state index in [1.807, 2.05) is 12.1 Å². The van der Waals surface area contributed by atoms with Gasteiger partial charge in [-0.1, -0.05) is 44.0 Å². The Kier molecular flexibility index (Phi) is 2.29. The molecule has 0 bridgehead atoms. The van der Waals surface area contributed by atoms with E-state index in [4.69, 9.17) is 16.3 Å². The van der Waals surface area contributed by atoms with E-state index in [1.165, 1.54) is 31.2 Å². The van der Waals surface area contributed by atoms with Crippen LogP contribution in [-0.4, -0.2) is 12.2 Å². The molecule has 2 heteroatoms. The smallest absolute Gasteiger partial charge is 0.103 e. The Bertz CT molecular complexity index is 515. The highest BCUT2D eigenvalue weighted by atomic mass is 35.5. The lowest BCUT2D eigenvalue weighted by Gasteiger charge is -2.43. The fourth-order valence-corrected chi connectivity index (χ4v) is 4.96. The molecule has 2 saturated carbocycles. The van der Waals surface area contributed by atoms with Gasteiger partial charge >= 0.3 is 0 Å². The van der Waals surface area contributed by atoms with E-state index in [-0.39, 0.29) is 5.60 Å². The van der Waals surface area contributed by atoms with E-state index < -0.39 is 0 Å². The Morgan fingerprint density at radius 3 is 2.47 bits per heavy atom. The Labute approximate surface area is 120 Å². The Balaban J connectivity index is 1.68. The molecule has 2 spiro atoms. The van der Waals surface area contributed by atoms with Gasteiger partial charge in [0.25, 0.3) is 0 Å². The van der Waals surface area contributed by atoms with Crippen molar-refractivity contribution in [2.75, 3.05) is 6.61 Å². The van der Waals surface area contributed by atoms with Gasteiger partial charge in [0.2, 0.25) is 0 Å². The lowest BCUT2D eigenvalue weighted by Crippen LogP contribution is -2.45. The van der Waals surface area contributed by atoms with Crippen molar-refractivity contribution in [1.29, 1.82) is 0 Å². The molecule has 3 unspecified atom stereocenters. The molecule has 1 heterocycles. The second-order valence-corrected chi connectivity index (χ2v) is 7.75. The van der Waals surface area contributed by atoms with Crippen molar-refractivity contribution in [2.45, 2.75) is 51.0 Å². The van der Waals surface area contributed by atoms with E-state index in [1.54, 1.807) is 0 Å². The van der Waals surface area contributed by atoms with Gasteiger partial charge in [0.15, 0.2) is 0 Å². The van der Waals surface area contributed by atoms with E-state index >= 15 is 0 Å². The summed E-state index contributed by atoms with van der Waals surface area (Å²) >= 11 is 6.00. The number of benzene rings is 1. The zero-order valence-electron chi connectivity index (χ0n) is 11.7. The normalized spacial score (nSPS) is 42.6. The maximum atomic E-state index is 6.08. The molecule has 4 rings (SSSR count). The van der Waals surface area contributed by atoms with Gasteiger partial charge < -0.3 is 4.74 Å². The SMILES string of the molecule is CC1(C)CCCC2(CC2c2ccc(Cl)cc2)C12CO2. The Morgan fingerprint density at radius 2 is 1.84 bits per heavy atom. The van der Waals surface area contributed by atoms with Crippen molar-refractivity contribution in [3.63, 3.8) is 0 Å². The van der Waals surface area contributed by atoms with Crippen molar-refractivity contribution in [2.24, 2.45) is 10.8 Å². The number of epoxide rings is 1. The molecule has 3 fully saturated rings. The van der Waals surface area contributed by atoms with Gasteiger partial charge in [0.1, 0.15) is 5.60 Å². The average molecular weight is 277 g/mol. The second kappa shape index (κ2) is 3.56. The molecule has 102 valence electrons. The van der Waals surface area contributed by atoms with Gasteiger partial charge in [-0.05, 0) is 48.3 Å². The third kappa shape index (κ3) is 1.46. The van der Waals surface area contributed by atoms with Gasteiger partial charge in [-0.25, -0.2) is 0 Å². The molecule has 0 radical (unpaired) electrons. The van der Waals surface area contributed by atoms with Crippen LogP contribution in [0.3, 0.4) is 0 Å². The summed E-state index contributed by atoms with van der Waals surface area (Å²) in [6.07, 6.45) is 5.30. The summed E-state index contributed by atoms with van der Waals surface area (Å²) in [5, 5.41) is 0.833. The van der Waals surface area contributed by atoms with E-state index in [0.717, 1.165) is 11.6 Å². The van der Waals surface area contributed by atoms with Crippen molar-refractivity contribution in [1.82, 2.24) is 0 Å². The molecule has 1 aromatic carbocycles. The van der Waals surface area contributed by atoms with Crippen LogP contribution in [0, 0.1) is 10.8 Å². The van der Waals surface area contributed by atoms with Crippen LogP contribution in [0.4, 0.5) is 0 Å². The average Bonchev–Trinajstić information content (AvgIpc) is 3.21. The first-order chi connectivity index (χ1) is 9.01. The lowest BCUT2D eigenvalue weighted by molar-refractivity contribution is 0.0134. The van der Waals surface area contributed by atoms with Crippen LogP contribution in [0.2, 0.25) is 5.02 Å². The van der Waals surface area contributed by atoms with Crippen LogP contribution >= 0.6 is 11.6 Å². The van der Waals surface area contributed by atoms with Crippen LogP contribution in [0.5, 0.6) is 0 Å². The van der Waals surface area contributed by atoms with Crippen molar-refractivity contribution >= 4 is 11.6 Å². The molecule has 0 amide bonds. The summed E-state index contributed by atoms with van der Waals surface area (Å²) in [6, 6.07) is 8.47. The maximum Gasteiger partial charge on any atom is 0.103 e. The van der Waals surface area contributed by atoms with E-state index in [9.17, 15) is 0 Å². The summed E-state index contributed by atoms with van der Waals surface area (Å²) in [4.78, 5) is 0. The molecule has 3 aliphatic rings. The minimum absolute atomic E-state index is 0.169. The number of hydrogen-bond acceptors (Lipinski definition) is 1. The third-order valence-corrected chi connectivity index (χ3v) is 6.35. The Hall–Kier alpha value is -0.530. The van der Waals surface area contributed by atoms with E-state index in [2.05, 4.69) is 26.0 Å². The zero-order valence-corrected chi connectivity index (χ0v) is 12.5. The number of fused-ring (bicyclic) bond motifs is 1. The van der Waals surface area contributed by atoms with Crippen LogP contribution in [-0.2, 0) is 4.74 Å². The molecule has 1 saturated heterocycles. The first-order valence-corrected chi connectivity index (χ1v) is 7.78. The molecule has 19 heavy (non-hydrogen) atoms. The minimum atomic E-state index is 0.169. The largest absolute Gasteiger partial charge is 0.368 e. The predicted molar refractivity (Wildman–Crippen MR) is 77.6 cm³/mol. The minimum Gasteiger partial charge on any atom is -0.368 e. The highest BCUT2D eigenvalue weighted by Crippen LogP contribution is 2.78. The molecule has 0 N–H and O–H groups in total. The Morgan fingerprint density at radius 1 is 1.16 bits per heavy atom. The van der Waals surface area contributed by atoms with Gasteiger partial charge in [0, 0.05) is 10.4 Å². The fraction of sp³-hybridized carbons (Fsp3) is 0.647. The third-order valence-electron chi connectivity index (χ3n) is 6.10. The molecule has 2 aliphatic carbocycles. The van der Waals surface area contributed by atoms with Crippen molar-refractivity contribution in [3.8, 4) is 0 Å². The van der Waals surface area contributed by atoms with Crippen LogP contribution in [0.1, 0.15) is 51.0 Å². The second-order valence-electron chi connectivity index (χ2n) is 7.32. The lowest BCUT2D eigenvalue weighted by atomic mass is 9.60. The van der Waals surface area contributed by atoms with Crippen LogP contribution in [0.15, 0.2) is 24.3 Å². The first-order valence-electron chi connectivity index (χ1n) is 7.40. The molecule has 0 aromatic heterocycles. The van der Waals surface area contributed by atoms with Crippen molar-refractivity contribution in [3.05, 3.63) is 34.9 Å². The molecular weight excluding hydrogens is 256 g/mol. The number of ether oxygens (including phenoxy) is 1. The first kappa shape index (κ1) is 12.2. The molecular formula is C17H21ClO. The highest BCUT2D eigenvalue weighted by molar-refractivity contribution is 6.30. The van der Waals surface area contributed by atoms with Crippen LogP contribution < -0.4 is 0 Å². The molecule has 1 nitrogen and oxygen atoms in total. The maximum absolute atomic E-state index is 6.08. The van der Waals surface area contributed by atoms with Gasteiger partial charge in [0.05, 0.1) is 6.61 Å². The van der Waals surface area contributed by atoms with Crippen molar-refractivity contribution < 1.29 is 4.74 Å². The summed E-state index contributed by atoms with van der Waals surface area (Å²) in [5.41, 5.74) is 2.38. The molecule has 3 atom stereocenters. The topological polar surface area (TPSA) is 12.5 Å². The molecule has 1 aliphatic heterocycles. The summed E-state index contributed by atoms with van der Waals surface area (Å²) in [6.45, 7) is 5.78. The summed E-state index contributed by atoms with van der Waals surface area (Å²) in [7, 11) is 0. The summed E-state index contributed by atoms with van der Waals surface area (Å²) in [5.74, 6) is 0.687. The van der Waals surface area contributed by atoms with Gasteiger partial charge in [-0.2, -0.15) is 0 Å². The standard InChI is InChI=1S/C17H21ClO/c1-15(2)8-3-9-16(17(15)11-19-17)10-14(16)12-4-6-13(18)7-5-12/h4-7,14H,3,8-11H2,1-2H3. The monoisotopic (exact) mass is 276 g/mol. The molecule has 1 aromatic rings. The summed E-state index contributed by atoms with van der Waals surface area (Å²) < 4.78 is 6.08. The zero-order chi connectivity index (χ0) is 13.3.